The molecular weight excluding hydrogens is 1000 g/mol. The standard InChI is InChI=1S/C68H82N2O10/c1-3-5-7-9-11-13-15-16-17-18-20-22-24-26-51-76-60-40-30-53(31-41-60)65(71)77-61-44-34-55(35-45-61)67(73)79-63-48-38-57(39-49-63)69-70-58-28-27-29-64(52-58)80-68(74)56-36-46-62(47-37-56)78-66(72)54-32-42-59(43-33-54)75-50-25-23-21-19-14-12-10-8-6-4-2/h27-49,52H,3-26,50-51H2,1-2H3. The van der Waals surface area contributed by atoms with Crippen LogP contribution in [0.25, 0.3) is 0 Å². The Labute approximate surface area is 474 Å². The van der Waals surface area contributed by atoms with Gasteiger partial charge in [0.2, 0.25) is 0 Å². The molecule has 6 rings (SSSR count). The van der Waals surface area contributed by atoms with Crippen LogP contribution in [0, 0.1) is 0 Å². The van der Waals surface area contributed by atoms with Crippen molar-refractivity contribution in [1.29, 1.82) is 0 Å². The second-order valence-corrected chi connectivity index (χ2v) is 20.3. The van der Waals surface area contributed by atoms with Gasteiger partial charge in [0.1, 0.15) is 34.5 Å². The molecule has 0 N–H and O–H groups in total. The second-order valence-electron chi connectivity index (χ2n) is 20.3. The summed E-state index contributed by atoms with van der Waals surface area (Å²) in [6, 6.07) is 39.1. The largest absolute Gasteiger partial charge is 0.494 e. The summed E-state index contributed by atoms with van der Waals surface area (Å²) in [5.74, 6) is 0.284. The van der Waals surface area contributed by atoms with Gasteiger partial charge in [0.15, 0.2) is 0 Å². The van der Waals surface area contributed by atoms with E-state index in [1.54, 1.807) is 97.1 Å². The van der Waals surface area contributed by atoms with E-state index in [0.717, 1.165) is 25.7 Å². The van der Waals surface area contributed by atoms with E-state index < -0.39 is 23.9 Å². The monoisotopic (exact) mass is 1090 g/mol. The molecule has 0 aliphatic heterocycles. The third-order valence-electron chi connectivity index (χ3n) is 13.7. The lowest BCUT2D eigenvalue weighted by molar-refractivity contribution is 0.0720. The molecule has 424 valence electrons. The smallest absolute Gasteiger partial charge is 0.343 e. The highest BCUT2D eigenvalue weighted by molar-refractivity contribution is 5.94. The third kappa shape index (κ3) is 23.8. The molecule has 80 heavy (non-hydrogen) atoms. The molecule has 0 aliphatic carbocycles. The number of nitrogens with zero attached hydrogens (tertiary/aromatic N) is 2. The summed E-state index contributed by atoms with van der Waals surface area (Å²) in [6.45, 7) is 5.79. The molecule has 0 radical (unpaired) electrons. The van der Waals surface area contributed by atoms with Gasteiger partial charge in [0, 0.05) is 6.07 Å². The van der Waals surface area contributed by atoms with Crippen molar-refractivity contribution in [3.63, 3.8) is 0 Å². The molecule has 6 aromatic rings. The third-order valence-corrected chi connectivity index (χ3v) is 13.7. The van der Waals surface area contributed by atoms with Crippen LogP contribution < -0.4 is 28.4 Å². The maximum Gasteiger partial charge on any atom is 0.343 e. The van der Waals surface area contributed by atoms with E-state index in [2.05, 4.69) is 24.1 Å². The minimum Gasteiger partial charge on any atom is -0.494 e. The highest BCUT2D eigenvalue weighted by Gasteiger charge is 2.15. The molecule has 0 aliphatic rings. The number of carbonyl (C=O) groups is 4. The average molecular weight is 1090 g/mol. The average Bonchev–Trinajstić information content (AvgIpc) is 3.49. The van der Waals surface area contributed by atoms with Crippen molar-refractivity contribution in [2.24, 2.45) is 10.2 Å². The van der Waals surface area contributed by atoms with Crippen molar-refractivity contribution >= 4 is 35.3 Å². The summed E-state index contributed by atoms with van der Waals surface area (Å²) >= 11 is 0. The molecule has 0 saturated carbocycles. The fourth-order valence-corrected chi connectivity index (χ4v) is 8.93. The molecular formula is C68H82N2O10. The van der Waals surface area contributed by atoms with Crippen molar-refractivity contribution in [1.82, 2.24) is 0 Å². The molecule has 12 nitrogen and oxygen atoms in total. The molecule has 0 heterocycles. The predicted octanol–water partition coefficient (Wildman–Crippen LogP) is 19.1. The first-order valence-corrected chi connectivity index (χ1v) is 29.4. The minimum absolute atomic E-state index is 0.257. The van der Waals surface area contributed by atoms with Crippen LogP contribution >= 0.6 is 0 Å². The van der Waals surface area contributed by atoms with E-state index in [4.69, 9.17) is 28.4 Å². The van der Waals surface area contributed by atoms with Crippen LogP contribution in [0.1, 0.15) is 209 Å². The number of esters is 4. The maximum absolute atomic E-state index is 13.0. The lowest BCUT2D eigenvalue weighted by Gasteiger charge is -2.08. The zero-order chi connectivity index (χ0) is 56.2. The molecule has 0 amide bonds. The van der Waals surface area contributed by atoms with Gasteiger partial charge in [-0.1, -0.05) is 161 Å². The summed E-state index contributed by atoms with van der Waals surface area (Å²) < 4.78 is 34.0. The van der Waals surface area contributed by atoms with Crippen molar-refractivity contribution in [2.75, 3.05) is 13.2 Å². The number of rotatable bonds is 38. The predicted molar refractivity (Wildman–Crippen MR) is 316 cm³/mol. The van der Waals surface area contributed by atoms with E-state index in [-0.39, 0.29) is 28.4 Å². The number of hydrogen-bond donors (Lipinski definition) is 0. The molecule has 0 atom stereocenters. The number of benzene rings is 6. The van der Waals surface area contributed by atoms with Crippen LogP contribution in [0.2, 0.25) is 0 Å². The van der Waals surface area contributed by atoms with Crippen LogP contribution in [-0.2, 0) is 0 Å². The molecule has 0 bridgehead atoms. The topological polar surface area (TPSA) is 148 Å². The number of azo groups is 1. The Morgan fingerprint density at radius 2 is 0.562 bits per heavy atom. The summed E-state index contributed by atoms with van der Waals surface area (Å²) in [4.78, 5) is 51.7. The highest BCUT2D eigenvalue weighted by Crippen LogP contribution is 2.27. The van der Waals surface area contributed by atoms with Gasteiger partial charge in [-0.3, -0.25) is 0 Å². The first-order chi connectivity index (χ1) is 39.3. The van der Waals surface area contributed by atoms with Crippen molar-refractivity contribution in [2.45, 2.75) is 168 Å². The Hall–Kier alpha value is -7.60. The number of hydrogen-bond acceptors (Lipinski definition) is 12. The fraction of sp³-hybridized carbons (Fsp3) is 0.412. The number of unbranched alkanes of at least 4 members (excludes halogenated alkanes) is 22. The van der Waals surface area contributed by atoms with E-state index >= 15 is 0 Å². The lowest BCUT2D eigenvalue weighted by Crippen LogP contribution is -2.10. The molecule has 12 heteroatoms. The Morgan fingerprint density at radius 1 is 0.287 bits per heavy atom. The van der Waals surface area contributed by atoms with Crippen LogP contribution in [-0.4, -0.2) is 37.1 Å². The molecule has 0 saturated heterocycles. The van der Waals surface area contributed by atoms with Gasteiger partial charge in [0.05, 0.1) is 46.8 Å². The van der Waals surface area contributed by atoms with Crippen LogP contribution in [0.3, 0.4) is 0 Å². The van der Waals surface area contributed by atoms with Crippen molar-refractivity contribution in [3.8, 4) is 34.5 Å². The lowest BCUT2D eigenvalue weighted by atomic mass is 10.0. The SMILES string of the molecule is CCCCCCCCCCCCCCCCOc1ccc(C(=O)Oc2ccc(C(=O)Oc3ccc(N=Nc4cccc(OC(=O)c5ccc(OC(=O)c6ccc(OCCCCCCCCCCCC)cc6)cc5)c4)cc3)cc2)cc1. The van der Waals surface area contributed by atoms with Gasteiger partial charge in [-0.25, -0.2) is 19.2 Å². The van der Waals surface area contributed by atoms with Gasteiger partial charge < -0.3 is 28.4 Å². The minimum atomic E-state index is -0.609. The Kier molecular flexibility index (Phi) is 28.1. The molecule has 0 fully saturated rings. The van der Waals surface area contributed by atoms with E-state index in [9.17, 15) is 19.2 Å². The quantitative estimate of drug-likeness (QED) is 0.0159. The molecule has 0 spiro atoms. The van der Waals surface area contributed by atoms with Crippen LogP contribution in [0.15, 0.2) is 156 Å². The Balaban J connectivity index is 0.837. The zero-order valence-electron chi connectivity index (χ0n) is 47.2. The highest BCUT2D eigenvalue weighted by atomic mass is 16.5. The first kappa shape index (κ1) is 61.6. The van der Waals surface area contributed by atoms with E-state index in [1.807, 2.05) is 0 Å². The maximum atomic E-state index is 13.0. The van der Waals surface area contributed by atoms with Crippen molar-refractivity contribution < 1.29 is 47.6 Å². The molecule has 0 aromatic heterocycles. The normalized spacial score (nSPS) is 11.1. The molecule has 0 unspecified atom stereocenters. The fourth-order valence-electron chi connectivity index (χ4n) is 8.93. The van der Waals surface area contributed by atoms with Gasteiger partial charge in [-0.15, -0.1) is 0 Å². The van der Waals surface area contributed by atoms with Gasteiger partial charge in [-0.05, 0) is 146 Å². The summed E-state index contributed by atoms with van der Waals surface area (Å²) in [5.41, 5.74) is 2.21. The Bertz CT molecular complexity index is 2760. The zero-order valence-corrected chi connectivity index (χ0v) is 47.2. The molecule has 6 aromatic carbocycles. The van der Waals surface area contributed by atoms with Crippen molar-refractivity contribution in [3.05, 3.63) is 168 Å². The number of ether oxygens (including phenoxy) is 6. The second kappa shape index (κ2) is 36.5. The van der Waals surface area contributed by atoms with Crippen LogP contribution in [0.4, 0.5) is 11.4 Å². The van der Waals surface area contributed by atoms with Crippen LogP contribution in [0.5, 0.6) is 34.5 Å². The summed E-state index contributed by atoms with van der Waals surface area (Å²) in [7, 11) is 0. The van der Waals surface area contributed by atoms with Gasteiger partial charge in [-0.2, -0.15) is 10.2 Å². The first-order valence-electron chi connectivity index (χ1n) is 29.4. The van der Waals surface area contributed by atoms with Gasteiger partial charge in [0.25, 0.3) is 0 Å². The van der Waals surface area contributed by atoms with E-state index in [1.165, 1.54) is 177 Å². The van der Waals surface area contributed by atoms with Gasteiger partial charge >= 0.3 is 23.9 Å². The number of carbonyl (C=O) groups excluding carboxylic acids is 4. The van der Waals surface area contributed by atoms with E-state index in [0.29, 0.717) is 53.0 Å². The summed E-state index contributed by atoms with van der Waals surface area (Å²) in [5, 5.41) is 8.55. The summed E-state index contributed by atoms with van der Waals surface area (Å²) in [6.07, 6.45) is 31.0. The Morgan fingerprint density at radius 3 is 0.900 bits per heavy atom.